The lowest BCUT2D eigenvalue weighted by atomic mass is 9.77. The average molecular weight is 300 g/mol. The zero-order valence-corrected chi connectivity index (χ0v) is 13.1. The van der Waals surface area contributed by atoms with Gasteiger partial charge in [-0.25, -0.2) is 0 Å². The SMILES string of the molecule is O=C1N(C2CCCC2)CCCC12CCN(c1cccnn1)C2. The highest BCUT2D eigenvalue weighted by Gasteiger charge is 2.50. The topological polar surface area (TPSA) is 49.3 Å². The first kappa shape index (κ1) is 14.0. The van der Waals surface area contributed by atoms with Gasteiger partial charge in [-0.15, -0.1) is 5.10 Å². The number of carbonyl (C=O) groups is 1. The molecule has 0 N–H and O–H groups in total. The van der Waals surface area contributed by atoms with Crippen molar-refractivity contribution >= 4 is 11.7 Å². The third kappa shape index (κ3) is 2.27. The Morgan fingerprint density at radius 3 is 2.77 bits per heavy atom. The van der Waals surface area contributed by atoms with Crippen LogP contribution >= 0.6 is 0 Å². The van der Waals surface area contributed by atoms with Crippen LogP contribution in [0.2, 0.25) is 0 Å². The molecule has 118 valence electrons. The lowest BCUT2D eigenvalue weighted by Crippen LogP contribution is -2.53. The normalized spacial score (nSPS) is 29.7. The van der Waals surface area contributed by atoms with Crippen molar-refractivity contribution in [1.82, 2.24) is 15.1 Å². The molecule has 0 radical (unpaired) electrons. The number of anilines is 1. The summed E-state index contributed by atoms with van der Waals surface area (Å²) >= 11 is 0. The number of nitrogens with zero attached hydrogens (tertiary/aromatic N) is 4. The van der Waals surface area contributed by atoms with Crippen LogP contribution in [-0.4, -0.2) is 46.7 Å². The summed E-state index contributed by atoms with van der Waals surface area (Å²) in [6.45, 7) is 2.70. The highest BCUT2D eigenvalue weighted by Crippen LogP contribution is 2.42. The highest BCUT2D eigenvalue weighted by atomic mass is 16.2. The summed E-state index contributed by atoms with van der Waals surface area (Å²) in [5.41, 5.74) is -0.168. The van der Waals surface area contributed by atoms with Crippen molar-refractivity contribution in [3.8, 4) is 0 Å². The molecule has 0 aromatic carbocycles. The maximum Gasteiger partial charge on any atom is 0.230 e. The maximum atomic E-state index is 13.2. The van der Waals surface area contributed by atoms with E-state index in [0.29, 0.717) is 11.9 Å². The van der Waals surface area contributed by atoms with Crippen molar-refractivity contribution in [1.29, 1.82) is 0 Å². The molecule has 1 saturated carbocycles. The Bertz CT molecular complexity index is 543. The van der Waals surface area contributed by atoms with Crippen LogP contribution in [0.1, 0.15) is 44.9 Å². The van der Waals surface area contributed by atoms with Gasteiger partial charge in [0, 0.05) is 31.9 Å². The van der Waals surface area contributed by atoms with Crippen LogP contribution in [0.25, 0.3) is 0 Å². The van der Waals surface area contributed by atoms with Gasteiger partial charge in [-0.3, -0.25) is 4.79 Å². The van der Waals surface area contributed by atoms with Gasteiger partial charge in [-0.05, 0) is 44.2 Å². The number of hydrogen-bond donors (Lipinski definition) is 0. The number of piperidine rings is 1. The first-order chi connectivity index (χ1) is 10.8. The molecule has 1 atom stereocenters. The minimum atomic E-state index is -0.168. The number of likely N-dealkylation sites (tertiary alicyclic amines) is 1. The molecule has 2 aliphatic heterocycles. The second-order valence-electron chi connectivity index (χ2n) is 7.07. The summed E-state index contributed by atoms with van der Waals surface area (Å²) in [6, 6.07) is 4.42. The van der Waals surface area contributed by atoms with Crippen LogP contribution in [0, 0.1) is 5.41 Å². The van der Waals surface area contributed by atoms with Crippen molar-refractivity contribution < 1.29 is 4.79 Å². The predicted octanol–water partition coefficient (Wildman–Crippen LogP) is 2.24. The van der Waals surface area contributed by atoms with E-state index in [1.807, 2.05) is 12.1 Å². The molecule has 4 rings (SSSR count). The monoisotopic (exact) mass is 300 g/mol. The van der Waals surface area contributed by atoms with Gasteiger partial charge in [0.15, 0.2) is 5.82 Å². The van der Waals surface area contributed by atoms with E-state index in [2.05, 4.69) is 20.0 Å². The summed E-state index contributed by atoms with van der Waals surface area (Å²) in [5, 5.41) is 8.18. The van der Waals surface area contributed by atoms with Gasteiger partial charge in [-0.2, -0.15) is 5.10 Å². The van der Waals surface area contributed by atoms with Crippen LogP contribution in [0.15, 0.2) is 18.3 Å². The van der Waals surface area contributed by atoms with Gasteiger partial charge in [0.2, 0.25) is 5.91 Å². The van der Waals surface area contributed by atoms with Gasteiger partial charge >= 0.3 is 0 Å². The Labute approximate surface area is 131 Å². The van der Waals surface area contributed by atoms with Gasteiger partial charge in [0.25, 0.3) is 0 Å². The quantitative estimate of drug-likeness (QED) is 0.840. The fourth-order valence-corrected chi connectivity index (χ4v) is 4.57. The Morgan fingerprint density at radius 2 is 2.00 bits per heavy atom. The molecule has 1 spiro atoms. The lowest BCUT2D eigenvalue weighted by molar-refractivity contribution is -0.147. The Hall–Kier alpha value is -1.65. The summed E-state index contributed by atoms with van der Waals surface area (Å²) < 4.78 is 0. The summed E-state index contributed by atoms with van der Waals surface area (Å²) in [4.78, 5) is 17.6. The molecule has 22 heavy (non-hydrogen) atoms. The third-order valence-corrected chi connectivity index (χ3v) is 5.77. The third-order valence-electron chi connectivity index (χ3n) is 5.77. The Kier molecular flexibility index (Phi) is 3.51. The second-order valence-corrected chi connectivity index (χ2v) is 7.07. The molecule has 1 amide bonds. The molecule has 1 aliphatic carbocycles. The largest absolute Gasteiger partial charge is 0.354 e. The zero-order valence-electron chi connectivity index (χ0n) is 13.1. The van der Waals surface area contributed by atoms with Gasteiger partial charge in [0.1, 0.15) is 0 Å². The summed E-state index contributed by atoms with van der Waals surface area (Å²) in [6.07, 6.45) is 9.82. The van der Waals surface area contributed by atoms with Crippen LogP contribution in [-0.2, 0) is 4.79 Å². The van der Waals surface area contributed by atoms with Crippen LogP contribution in [0.4, 0.5) is 5.82 Å². The summed E-state index contributed by atoms with van der Waals surface area (Å²) in [5.74, 6) is 1.32. The molecule has 2 saturated heterocycles. The minimum Gasteiger partial charge on any atom is -0.354 e. The van der Waals surface area contributed by atoms with Gasteiger partial charge in [-0.1, -0.05) is 12.8 Å². The van der Waals surface area contributed by atoms with E-state index < -0.39 is 0 Å². The number of hydrogen-bond acceptors (Lipinski definition) is 4. The molecule has 3 aliphatic rings. The van der Waals surface area contributed by atoms with E-state index in [0.717, 1.165) is 44.7 Å². The van der Waals surface area contributed by atoms with Crippen LogP contribution in [0.3, 0.4) is 0 Å². The number of carbonyl (C=O) groups excluding carboxylic acids is 1. The minimum absolute atomic E-state index is 0.168. The van der Waals surface area contributed by atoms with Gasteiger partial charge in [0.05, 0.1) is 5.41 Å². The van der Waals surface area contributed by atoms with Crippen LogP contribution < -0.4 is 4.90 Å². The van der Waals surface area contributed by atoms with Crippen molar-refractivity contribution in [3.05, 3.63) is 18.3 Å². The average Bonchev–Trinajstić information content (AvgIpc) is 3.22. The van der Waals surface area contributed by atoms with Crippen molar-refractivity contribution in [2.45, 2.75) is 51.0 Å². The maximum absolute atomic E-state index is 13.2. The van der Waals surface area contributed by atoms with E-state index in [-0.39, 0.29) is 5.41 Å². The molecule has 3 fully saturated rings. The van der Waals surface area contributed by atoms with E-state index in [4.69, 9.17) is 0 Å². The van der Waals surface area contributed by atoms with E-state index in [1.54, 1.807) is 6.20 Å². The van der Waals surface area contributed by atoms with Crippen molar-refractivity contribution in [2.24, 2.45) is 5.41 Å². The fraction of sp³-hybridized carbons (Fsp3) is 0.706. The van der Waals surface area contributed by atoms with E-state index in [1.165, 1.54) is 25.7 Å². The number of rotatable bonds is 2. The molecule has 1 unspecified atom stereocenters. The van der Waals surface area contributed by atoms with Crippen molar-refractivity contribution in [2.75, 3.05) is 24.5 Å². The molecule has 0 bridgehead atoms. The van der Waals surface area contributed by atoms with Crippen molar-refractivity contribution in [3.63, 3.8) is 0 Å². The van der Waals surface area contributed by atoms with Gasteiger partial charge < -0.3 is 9.80 Å². The summed E-state index contributed by atoms with van der Waals surface area (Å²) in [7, 11) is 0. The molecular formula is C17H24N4O. The Morgan fingerprint density at radius 1 is 1.14 bits per heavy atom. The first-order valence-corrected chi connectivity index (χ1v) is 8.62. The number of aromatic nitrogens is 2. The van der Waals surface area contributed by atoms with Crippen LogP contribution in [0.5, 0.6) is 0 Å². The smallest absolute Gasteiger partial charge is 0.230 e. The van der Waals surface area contributed by atoms with E-state index in [9.17, 15) is 4.79 Å². The molecule has 1 aromatic heterocycles. The molecule has 5 nitrogen and oxygen atoms in total. The molecular weight excluding hydrogens is 276 g/mol. The van der Waals surface area contributed by atoms with E-state index >= 15 is 0 Å². The number of amides is 1. The fourth-order valence-electron chi connectivity index (χ4n) is 4.57. The first-order valence-electron chi connectivity index (χ1n) is 8.62. The second kappa shape index (κ2) is 5.52. The Balaban J connectivity index is 1.52. The molecule has 5 heteroatoms. The molecule has 1 aromatic rings. The highest BCUT2D eigenvalue weighted by molar-refractivity contribution is 5.85. The zero-order chi connectivity index (χ0) is 15.0. The predicted molar refractivity (Wildman–Crippen MR) is 84.5 cm³/mol. The molecule has 3 heterocycles. The lowest BCUT2D eigenvalue weighted by Gasteiger charge is -2.42. The standard InChI is InChI=1S/C17H24N4O/c22-16-17(8-4-11-21(16)14-5-1-2-6-14)9-12-20(13-17)15-7-3-10-18-19-15/h3,7,10,14H,1-2,4-6,8-9,11-13H2.